The van der Waals surface area contributed by atoms with Crippen LogP contribution in [-0.4, -0.2) is 33.2 Å². The summed E-state index contributed by atoms with van der Waals surface area (Å²) in [7, 11) is 0. The number of aliphatic hydroxyl groups is 1. The molecule has 0 saturated carbocycles. The summed E-state index contributed by atoms with van der Waals surface area (Å²) in [4.78, 5) is 13.4. The maximum atomic E-state index is 8.96. The summed E-state index contributed by atoms with van der Waals surface area (Å²) in [6.45, 7) is 2.67. The van der Waals surface area contributed by atoms with E-state index in [2.05, 4.69) is 25.6 Å². The van der Waals surface area contributed by atoms with E-state index >= 15 is 0 Å². The number of aromatic nitrogens is 3. The van der Waals surface area contributed by atoms with Gasteiger partial charge in [-0.3, -0.25) is 4.98 Å². The molecule has 0 fully saturated rings. The molecule has 0 aliphatic heterocycles. The summed E-state index contributed by atoms with van der Waals surface area (Å²) in [5, 5.41) is 15.9. The maximum absolute atomic E-state index is 8.96. The summed E-state index contributed by atoms with van der Waals surface area (Å²) >= 11 is 6.32. The molecule has 3 rings (SSSR count). The average molecular weight is 370 g/mol. The van der Waals surface area contributed by atoms with Gasteiger partial charge in [-0.25, -0.2) is 4.98 Å². The number of nitrogens with one attached hydrogen (secondary N) is 2. The Balaban J connectivity index is 1.93. The predicted molar refractivity (Wildman–Crippen MR) is 105 cm³/mol. The number of rotatable bonds is 7. The second kappa shape index (κ2) is 8.60. The van der Waals surface area contributed by atoms with Gasteiger partial charge in [-0.2, -0.15) is 4.98 Å². The lowest BCUT2D eigenvalue weighted by Crippen LogP contribution is -2.09. The molecule has 0 unspecified atom stereocenters. The van der Waals surface area contributed by atoms with Crippen LogP contribution in [0.25, 0.3) is 11.4 Å². The first-order valence-corrected chi connectivity index (χ1v) is 8.72. The Bertz CT molecular complexity index is 873. The first-order valence-electron chi connectivity index (χ1n) is 8.34. The molecule has 0 aliphatic rings. The number of benzene rings is 1. The summed E-state index contributed by atoms with van der Waals surface area (Å²) < 4.78 is 0. The first kappa shape index (κ1) is 18.1. The zero-order chi connectivity index (χ0) is 18.4. The number of nitrogens with zero attached hydrogens (tertiary/aromatic N) is 3. The molecule has 2 aromatic heterocycles. The van der Waals surface area contributed by atoms with Gasteiger partial charge in [0.1, 0.15) is 5.82 Å². The number of hydrogen-bond acceptors (Lipinski definition) is 6. The fraction of sp³-hybridized carbons (Fsp3) is 0.211. The van der Waals surface area contributed by atoms with Crippen LogP contribution in [0.2, 0.25) is 5.02 Å². The predicted octanol–water partition coefficient (Wildman–Crippen LogP) is 4.04. The fourth-order valence-corrected chi connectivity index (χ4v) is 2.66. The van der Waals surface area contributed by atoms with Crippen molar-refractivity contribution in [2.75, 3.05) is 23.8 Å². The van der Waals surface area contributed by atoms with E-state index in [1.54, 1.807) is 6.20 Å². The highest BCUT2D eigenvalue weighted by atomic mass is 35.5. The van der Waals surface area contributed by atoms with Crippen molar-refractivity contribution >= 4 is 29.1 Å². The molecule has 7 heteroatoms. The standard InChI is InChI=1S/C19H20ClN5O/c1-13-6-7-15(14(20)11-13)23-18-12-17(16-5-2-3-8-21-16)24-19(25-18)22-9-4-10-26/h2-3,5-8,11-12,26H,4,9-10H2,1H3,(H2,22,23,24,25). The number of anilines is 3. The van der Waals surface area contributed by atoms with E-state index in [0.29, 0.717) is 35.4 Å². The average Bonchev–Trinajstić information content (AvgIpc) is 2.65. The molecule has 0 aliphatic carbocycles. The minimum atomic E-state index is 0.108. The van der Waals surface area contributed by atoms with Gasteiger partial charge in [0, 0.05) is 25.4 Å². The fourth-order valence-electron chi connectivity index (χ4n) is 2.37. The Labute approximate surface area is 157 Å². The molecule has 6 nitrogen and oxygen atoms in total. The molecule has 0 radical (unpaired) electrons. The molecule has 0 bridgehead atoms. The second-order valence-corrected chi connectivity index (χ2v) is 6.20. The van der Waals surface area contributed by atoms with Crippen LogP contribution < -0.4 is 10.6 Å². The molecule has 2 heterocycles. The van der Waals surface area contributed by atoms with Gasteiger partial charge in [0.15, 0.2) is 0 Å². The van der Waals surface area contributed by atoms with E-state index in [-0.39, 0.29) is 6.61 Å². The molecule has 3 aromatic rings. The second-order valence-electron chi connectivity index (χ2n) is 5.79. The summed E-state index contributed by atoms with van der Waals surface area (Å²) in [5.41, 5.74) is 3.30. The van der Waals surface area contributed by atoms with Crippen molar-refractivity contribution in [3.05, 3.63) is 59.2 Å². The highest BCUT2D eigenvalue weighted by Gasteiger charge is 2.09. The van der Waals surface area contributed by atoms with Crippen LogP contribution in [0.3, 0.4) is 0 Å². The van der Waals surface area contributed by atoms with E-state index in [1.165, 1.54) is 0 Å². The molecule has 26 heavy (non-hydrogen) atoms. The van der Waals surface area contributed by atoms with Crippen LogP contribution in [0.15, 0.2) is 48.7 Å². The smallest absolute Gasteiger partial charge is 0.225 e. The monoisotopic (exact) mass is 369 g/mol. The largest absolute Gasteiger partial charge is 0.396 e. The Hall–Kier alpha value is -2.70. The Morgan fingerprint density at radius 2 is 1.96 bits per heavy atom. The molecular weight excluding hydrogens is 350 g/mol. The molecule has 0 amide bonds. The van der Waals surface area contributed by atoms with Crippen molar-refractivity contribution in [1.82, 2.24) is 15.0 Å². The number of aliphatic hydroxyl groups excluding tert-OH is 1. The van der Waals surface area contributed by atoms with Gasteiger partial charge in [-0.05, 0) is 43.2 Å². The minimum Gasteiger partial charge on any atom is -0.396 e. The van der Waals surface area contributed by atoms with Crippen molar-refractivity contribution in [2.45, 2.75) is 13.3 Å². The lowest BCUT2D eigenvalue weighted by molar-refractivity contribution is 0.292. The van der Waals surface area contributed by atoms with E-state index in [1.807, 2.05) is 49.4 Å². The third-order valence-electron chi connectivity index (χ3n) is 3.66. The quantitative estimate of drug-likeness (QED) is 0.545. The van der Waals surface area contributed by atoms with Gasteiger partial charge in [0.05, 0.1) is 22.1 Å². The summed E-state index contributed by atoms with van der Waals surface area (Å²) in [6, 6.07) is 13.3. The third-order valence-corrected chi connectivity index (χ3v) is 3.97. The zero-order valence-corrected chi connectivity index (χ0v) is 15.2. The Kier molecular flexibility index (Phi) is 5.99. The number of halogens is 1. The van der Waals surface area contributed by atoms with Crippen LogP contribution in [-0.2, 0) is 0 Å². The van der Waals surface area contributed by atoms with Crippen LogP contribution >= 0.6 is 11.6 Å². The highest BCUT2D eigenvalue weighted by Crippen LogP contribution is 2.27. The summed E-state index contributed by atoms with van der Waals surface area (Å²) in [6.07, 6.45) is 2.34. The van der Waals surface area contributed by atoms with Crippen LogP contribution in [0.1, 0.15) is 12.0 Å². The van der Waals surface area contributed by atoms with Crippen molar-refractivity contribution < 1.29 is 5.11 Å². The third kappa shape index (κ3) is 4.68. The topological polar surface area (TPSA) is 83.0 Å². The SMILES string of the molecule is Cc1ccc(Nc2cc(-c3ccccn3)nc(NCCCO)n2)c(Cl)c1. The molecule has 3 N–H and O–H groups in total. The van der Waals surface area contributed by atoms with Gasteiger partial charge in [-0.1, -0.05) is 23.7 Å². The maximum Gasteiger partial charge on any atom is 0.225 e. The molecular formula is C19H20ClN5O. The minimum absolute atomic E-state index is 0.108. The summed E-state index contributed by atoms with van der Waals surface area (Å²) in [5.74, 6) is 1.07. The van der Waals surface area contributed by atoms with E-state index < -0.39 is 0 Å². The van der Waals surface area contributed by atoms with Gasteiger partial charge in [-0.15, -0.1) is 0 Å². The zero-order valence-electron chi connectivity index (χ0n) is 14.4. The molecule has 1 aromatic carbocycles. The van der Waals surface area contributed by atoms with E-state index in [9.17, 15) is 0 Å². The van der Waals surface area contributed by atoms with Crippen molar-refractivity contribution in [3.8, 4) is 11.4 Å². The molecule has 0 atom stereocenters. The first-order chi connectivity index (χ1) is 12.7. The normalized spacial score (nSPS) is 10.6. The van der Waals surface area contributed by atoms with Gasteiger partial charge in [0.2, 0.25) is 5.95 Å². The molecule has 134 valence electrons. The van der Waals surface area contributed by atoms with Gasteiger partial charge in [0.25, 0.3) is 0 Å². The van der Waals surface area contributed by atoms with E-state index in [0.717, 1.165) is 16.9 Å². The lowest BCUT2D eigenvalue weighted by atomic mass is 10.2. The number of pyridine rings is 1. The Morgan fingerprint density at radius 1 is 1.08 bits per heavy atom. The number of aryl methyl sites for hydroxylation is 1. The highest BCUT2D eigenvalue weighted by molar-refractivity contribution is 6.33. The van der Waals surface area contributed by atoms with Crippen molar-refractivity contribution in [2.24, 2.45) is 0 Å². The van der Waals surface area contributed by atoms with E-state index in [4.69, 9.17) is 16.7 Å². The molecule has 0 saturated heterocycles. The van der Waals surface area contributed by atoms with Crippen LogP contribution in [0, 0.1) is 6.92 Å². The lowest BCUT2D eigenvalue weighted by Gasteiger charge is -2.12. The van der Waals surface area contributed by atoms with Gasteiger partial charge >= 0.3 is 0 Å². The van der Waals surface area contributed by atoms with Gasteiger partial charge < -0.3 is 15.7 Å². The Morgan fingerprint density at radius 3 is 2.69 bits per heavy atom. The number of hydrogen-bond donors (Lipinski definition) is 3. The molecule has 0 spiro atoms. The van der Waals surface area contributed by atoms with Crippen LogP contribution in [0.5, 0.6) is 0 Å². The van der Waals surface area contributed by atoms with Crippen molar-refractivity contribution in [3.63, 3.8) is 0 Å². The van der Waals surface area contributed by atoms with Crippen LogP contribution in [0.4, 0.5) is 17.5 Å². The van der Waals surface area contributed by atoms with Crippen molar-refractivity contribution in [1.29, 1.82) is 0 Å².